The maximum atomic E-state index is 13.7. The standard InChI is InChI=1S/C26H29N7O.C2H6/c1-17-5-7-23-21(13-17)15-27-26(30-23)32-12-11-31(16-19(3)20(32)4)25(34)22-14-18(2)6-8-24(22)33-28-9-10-29-33;1-2/h5-10,13-15,19-20H,11-12,16H2,1-4H3;1-2H3. The molecule has 1 saturated heterocycles. The molecule has 0 N–H and O–H groups in total. The average molecular weight is 486 g/mol. The summed E-state index contributed by atoms with van der Waals surface area (Å²) in [5.74, 6) is 0.939. The Morgan fingerprint density at radius 1 is 0.944 bits per heavy atom. The summed E-state index contributed by atoms with van der Waals surface area (Å²) in [5.41, 5.74) is 4.45. The highest BCUT2D eigenvalue weighted by atomic mass is 16.2. The van der Waals surface area contributed by atoms with Gasteiger partial charge in [-0.2, -0.15) is 15.0 Å². The Hall–Kier alpha value is -3.81. The fraction of sp³-hybridized carbons (Fsp3) is 0.393. The number of hydrogen-bond donors (Lipinski definition) is 0. The van der Waals surface area contributed by atoms with Crippen LogP contribution in [0.2, 0.25) is 0 Å². The average Bonchev–Trinajstić information content (AvgIpc) is 3.38. The third-order valence-electron chi connectivity index (χ3n) is 6.72. The fourth-order valence-corrected chi connectivity index (χ4v) is 4.58. The van der Waals surface area contributed by atoms with Gasteiger partial charge >= 0.3 is 0 Å². The lowest BCUT2D eigenvalue weighted by molar-refractivity contribution is 0.0747. The van der Waals surface area contributed by atoms with Crippen LogP contribution in [0.5, 0.6) is 0 Å². The van der Waals surface area contributed by atoms with Gasteiger partial charge in [-0.05, 0) is 51.0 Å². The van der Waals surface area contributed by atoms with E-state index in [1.165, 1.54) is 10.4 Å². The van der Waals surface area contributed by atoms with E-state index in [1.807, 2.05) is 56.1 Å². The maximum Gasteiger partial charge on any atom is 0.256 e. The van der Waals surface area contributed by atoms with Crippen molar-refractivity contribution in [1.82, 2.24) is 29.9 Å². The first-order valence-electron chi connectivity index (χ1n) is 12.7. The van der Waals surface area contributed by atoms with Crippen LogP contribution in [0.25, 0.3) is 16.6 Å². The summed E-state index contributed by atoms with van der Waals surface area (Å²) in [6.45, 7) is 14.3. The molecule has 2 aromatic heterocycles. The van der Waals surface area contributed by atoms with Crippen molar-refractivity contribution in [3.05, 3.63) is 71.7 Å². The van der Waals surface area contributed by atoms with E-state index in [0.717, 1.165) is 16.5 Å². The maximum absolute atomic E-state index is 13.7. The number of nitrogens with zero attached hydrogens (tertiary/aromatic N) is 7. The minimum absolute atomic E-state index is 0.00759. The Morgan fingerprint density at radius 3 is 2.39 bits per heavy atom. The van der Waals surface area contributed by atoms with Gasteiger partial charge in [0.2, 0.25) is 5.95 Å². The highest BCUT2D eigenvalue weighted by Gasteiger charge is 2.31. The third kappa shape index (κ3) is 5.08. The first-order chi connectivity index (χ1) is 17.4. The molecule has 188 valence electrons. The van der Waals surface area contributed by atoms with Gasteiger partial charge in [-0.25, -0.2) is 9.97 Å². The molecule has 1 fully saturated rings. The summed E-state index contributed by atoms with van der Waals surface area (Å²) in [4.78, 5) is 28.9. The Kier molecular flexibility index (Phi) is 7.62. The Labute approximate surface area is 213 Å². The summed E-state index contributed by atoms with van der Waals surface area (Å²) in [6, 6.07) is 12.2. The summed E-state index contributed by atoms with van der Waals surface area (Å²) in [7, 11) is 0. The summed E-state index contributed by atoms with van der Waals surface area (Å²) >= 11 is 0. The minimum Gasteiger partial charge on any atom is -0.336 e. The normalized spacial score (nSPS) is 17.9. The molecule has 0 radical (unpaired) electrons. The largest absolute Gasteiger partial charge is 0.336 e. The molecule has 2 unspecified atom stereocenters. The van der Waals surface area contributed by atoms with Crippen LogP contribution >= 0.6 is 0 Å². The molecule has 0 saturated carbocycles. The Balaban J connectivity index is 0.00000148. The SMILES string of the molecule is CC.Cc1ccc(-n2nccn2)c(C(=O)N2CCN(c3ncc4cc(C)ccc4n3)C(C)C(C)C2)c1. The smallest absolute Gasteiger partial charge is 0.256 e. The van der Waals surface area contributed by atoms with Crippen LogP contribution in [-0.4, -0.2) is 61.4 Å². The summed E-state index contributed by atoms with van der Waals surface area (Å²) < 4.78 is 0. The van der Waals surface area contributed by atoms with Gasteiger partial charge in [0, 0.05) is 37.3 Å². The molecule has 0 spiro atoms. The lowest BCUT2D eigenvalue weighted by Gasteiger charge is -2.30. The molecular weight excluding hydrogens is 450 g/mol. The number of amides is 1. The van der Waals surface area contributed by atoms with Crippen LogP contribution in [0, 0.1) is 19.8 Å². The monoisotopic (exact) mass is 485 g/mol. The predicted octanol–water partition coefficient (Wildman–Crippen LogP) is 4.84. The number of aryl methyl sites for hydroxylation is 2. The van der Waals surface area contributed by atoms with Crippen LogP contribution < -0.4 is 4.90 Å². The van der Waals surface area contributed by atoms with Crippen LogP contribution in [0.4, 0.5) is 5.95 Å². The zero-order valence-corrected chi connectivity index (χ0v) is 22.0. The lowest BCUT2D eigenvalue weighted by Crippen LogP contribution is -2.39. The second-order valence-corrected chi connectivity index (χ2v) is 9.23. The molecule has 0 aliphatic carbocycles. The molecule has 5 rings (SSSR count). The Bertz CT molecular complexity index is 1340. The molecule has 0 bridgehead atoms. The molecule has 1 aliphatic heterocycles. The van der Waals surface area contributed by atoms with Crippen molar-refractivity contribution >= 4 is 22.8 Å². The second kappa shape index (κ2) is 10.8. The van der Waals surface area contributed by atoms with E-state index in [9.17, 15) is 4.79 Å². The molecule has 2 atom stereocenters. The highest BCUT2D eigenvalue weighted by molar-refractivity contribution is 5.98. The molecule has 2 aromatic carbocycles. The van der Waals surface area contributed by atoms with Crippen molar-refractivity contribution < 1.29 is 4.79 Å². The van der Waals surface area contributed by atoms with Gasteiger partial charge in [0.05, 0.1) is 29.2 Å². The van der Waals surface area contributed by atoms with Crippen LogP contribution in [0.1, 0.15) is 49.2 Å². The predicted molar refractivity (Wildman–Crippen MR) is 144 cm³/mol. The number of benzene rings is 2. The van der Waals surface area contributed by atoms with E-state index in [2.05, 4.69) is 53.0 Å². The minimum atomic E-state index is -0.00759. The molecule has 1 amide bonds. The molecule has 8 heteroatoms. The van der Waals surface area contributed by atoms with Gasteiger partial charge in [0.15, 0.2) is 0 Å². The van der Waals surface area contributed by atoms with Crippen molar-refractivity contribution in [3.63, 3.8) is 0 Å². The van der Waals surface area contributed by atoms with E-state index in [1.54, 1.807) is 12.4 Å². The summed E-state index contributed by atoms with van der Waals surface area (Å²) in [6.07, 6.45) is 5.13. The first-order valence-corrected chi connectivity index (χ1v) is 12.7. The van der Waals surface area contributed by atoms with Gasteiger partial charge in [-0.3, -0.25) is 4.79 Å². The van der Waals surface area contributed by atoms with Gasteiger partial charge in [-0.1, -0.05) is 44.0 Å². The fourth-order valence-electron chi connectivity index (χ4n) is 4.58. The topological polar surface area (TPSA) is 80.0 Å². The van der Waals surface area contributed by atoms with Crippen molar-refractivity contribution in [1.29, 1.82) is 0 Å². The quantitative estimate of drug-likeness (QED) is 0.413. The van der Waals surface area contributed by atoms with Crippen LogP contribution in [0.3, 0.4) is 0 Å². The van der Waals surface area contributed by atoms with Gasteiger partial charge in [-0.15, -0.1) is 0 Å². The van der Waals surface area contributed by atoms with Gasteiger partial charge in [0.1, 0.15) is 0 Å². The van der Waals surface area contributed by atoms with Crippen molar-refractivity contribution in [2.45, 2.75) is 47.6 Å². The molecule has 1 aliphatic rings. The highest BCUT2D eigenvalue weighted by Crippen LogP contribution is 2.25. The number of aromatic nitrogens is 5. The van der Waals surface area contributed by atoms with E-state index < -0.39 is 0 Å². The van der Waals surface area contributed by atoms with Crippen molar-refractivity contribution in [2.24, 2.45) is 5.92 Å². The van der Waals surface area contributed by atoms with Crippen LogP contribution in [-0.2, 0) is 0 Å². The first kappa shape index (κ1) is 25.3. The van der Waals surface area contributed by atoms with Gasteiger partial charge < -0.3 is 9.80 Å². The van der Waals surface area contributed by atoms with E-state index in [0.29, 0.717) is 36.8 Å². The van der Waals surface area contributed by atoms with E-state index in [4.69, 9.17) is 4.98 Å². The molecular formula is C28H35N7O. The number of anilines is 1. The second-order valence-electron chi connectivity index (χ2n) is 9.23. The molecule has 8 nitrogen and oxygen atoms in total. The number of hydrogen-bond acceptors (Lipinski definition) is 6. The number of carbonyl (C=O) groups excluding carboxylic acids is 1. The summed E-state index contributed by atoms with van der Waals surface area (Å²) in [5, 5.41) is 9.52. The lowest BCUT2D eigenvalue weighted by atomic mass is 10.0. The third-order valence-corrected chi connectivity index (χ3v) is 6.72. The van der Waals surface area contributed by atoms with E-state index >= 15 is 0 Å². The number of fused-ring (bicyclic) bond motifs is 1. The molecule has 4 aromatic rings. The zero-order valence-electron chi connectivity index (χ0n) is 22.0. The van der Waals surface area contributed by atoms with E-state index in [-0.39, 0.29) is 17.9 Å². The zero-order chi connectivity index (χ0) is 25.8. The van der Waals surface area contributed by atoms with Crippen LogP contribution in [0.15, 0.2) is 55.0 Å². The Morgan fingerprint density at radius 2 is 1.64 bits per heavy atom. The molecule has 3 heterocycles. The van der Waals surface area contributed by atoms with Crippen molar-refractivity contribution in [2.75, 3.05) is 24.5 Å². The van der Waals surface area contributed by atoms with Crippen molar-refractivity contribution in [3.8, 4) is 5.69 Å². The number of carbonyl (C=O) groups is 1. The molecule has 36 heavy (non-hydrogen) atoms. The number of rotatable bonds is 3. The van der Waals surface area contributed by atoms with Gasteiger partial charge in [0.25, 0.3) is 5.91 Å².